The molecule has 0 atom stereocenters. The molecule has 2 aromatic rings. The van der Waals surface area contributed by atoms with Gasteiger partial charge >= 0.3 is 11.7 Å². The fourth-order valence-electron chi connectivity index (χ4n) is 3.59. The molecule has 32 heavy (non-hydrogen) atoms. The van der Waals surface area contributed by atoms with Crippen LogP contribution in [0.3, 0.4) is 0 Å². The highest BCUT2D eigenvalue weighted by molar-refractivity contribution is 5.96. The van der Waals surface area contributed by atoms with Crippen LogP contribution in [0.2, 0.25) is 0 Å². The van der Waals surface area contributed by atoms with E-state index in [4.69, 9.17) is 4.74 Å². The molecule has 8 nitrogen and oxygen atoms in total. The number of carbonyl (C=O) groups is 1. The Labute approximate surface area is 185 Å². The predicted octanol–water partition coefficient (Wildman–Crippen LogP) is 3.34. The molecule has 0 unspecified atom stereocenters. The van der Waals surface area contributed by atoms with E-state index >= 15 is 0 Å². The average molecular weight is 434 g/mol. The van der Waals surface area contributed by atoms with Gasteiger partial charge in [-0.2, -0.15) is 4.98 Å². The maximum atomic E-state index is 12.4. The molecule has 0 fully saturated rings. The largest absolute Gasteiger partial charge is 0.465 e. The second-order valence-corrected chi connectivity index (χ2v) is 7.04. The van der Waals surface area contributed by atoms with Crippen LogP contribution in [0.25, 0.3) is 22.6 Å². The number of H-pyrrole nitrogens is 1. The van der Waals surface area contributed by atoms with Gasteiger partial charge in [0.05, 0.1) is 23.7 Å². The van der Waals surface area contributed by atoms with E-state index in [-0.39, 0.29) is 11.5 Å². The number of aryl methyl sites for hydroxylation is 3. The minimum absolute atomic E-state index is 0.0898. The third kappa shape index (κ3) is 4.59. The molecule has 0 aromatic heterocycles. The summed E-state index contributed by atoms with van der Waals surface area (Å²) in [6, 6.07) is 13.4. The standard InChI is InChI=1S/C22H20N4O4.C2H6/c1-13-11-16-17(12-15(13)21(28)30-2)26(10-6-9-14-7-4-3-5-8-14)19-18(23-16)20(27)25-22(29)24-19;1-2/h3-5,7-8,11-12H,6,9-10H2,1-2H3,(H,25,27,29);1-2H3. The summed E-state index contributed by atoms with van der Waals surface area (Å²) in [5, 5.41) is 0. The maximum Gasteiger partial charge on any atom is 0.349 e. The van der Waals surface area contributed by atoms with E-state index in [1.807, 2.05) is 44.2 Å². The lowest BCUT2D eigenvalue weighted by Crippen LogP contribution is -2.29. The topological polar surface area (TPSA) is 107 Å². The van der Waals surface area contributed by atoms with E-state index in [0.717, 1.165) is 12.8 Å². The number of benzene rings is 2. The lowest BCUT2D eigenvalue weighted by atomic mass is 10.1. The van der Waals surface area contributed by atoms with Gasteiger partial charge in [-0.1, -0.05) is 44.2 Å². The molecule has 0 bridgehead atoms. The summed E-state index contributed by atoms with van der Waals surface area (Å²) in [6.45, 7) is 6.27. The van der Waals surface area contributed by atoms with E-state index in [0.29, 0.717) is 28.7 Å². The zero-order valence-electron chi connectivity index (χ0n) is 18.6. The third-order valence-electron chi connectivity index (χ3n) is 5.05. The summed E-state index contributed by atoms with van der Waals surface area (Å²) in [7, 11) is 1.32. The molecular weight excluding hydrogens is 408 g/mol. The van der Waals surface area contributed by atoms with E-state index in [9.17, 15) is 14.4 Å². The number of nitrogens with one attached hydrogen (secondary N) is 1. The van der Waals surface area contributed by atoms with Crippen molar-refractivity contribution in [1.82, 2.24) is 19.5 Å². The van der Waals surface area contributed by atoms with Gasteiger partial charge < -0.3 is 9.30 Å². The minimum Gasteiger partial charge on any atom is -0.465 e. The fourth-order valence-corrected chi connectivity index (χ4v) is 3.59. The van der Waals surface area contributed by atoms with Gasteiger partial charge in [-0.3, -0.25) is 9.78 Å². The van der Waals surface area contributed by atoms with Crippen molar-refractivity contribution in [2.75, 3.05) is 7.11 Å². The molecule has 166 valence electrons. The summed E-state index contributed by atoms with van der Waals surface area (Å²) in [6.07, 6.45) is 1.55. The molecule has 0 aliphatic carbocycles. The first-order valence-corrected chi connectivity index (χ1v) is 10.6. The zero-order valence-corrected chi connectivity index (χ0v) is 18.6. The Hall–Kier alpha value is -3.81. The zero-order chi connectivity index (χ0) is 23.3. The molecule has 0 spiro atoms. The molecule has 2 aromatic carbocycles. The number of aromatic nitrogens is 4. The van der Waals surface area contributed by atoms with Gasteiger partial charge in [-0.15, -0.1) is 0 Å². The van der Waals surface area contributed by atoms with Crippen molar-refractivity contribution in [2.45, 2.75) is 40.2 Å². The number of hydrogen-bond donors (Lipinski definition) is 1. The van der Waals surface area contributed by atoms with Crippen LogP contribution in [0.15, 0.2) is 52.1 Å². The lowest BCUT2D eigenvalue weighted by Gasteiger charge is -2.18. The maximum absolute atomic E-state index is 12.4. The first kappa shape index (κ1) is 22.9. The van der Waals surface area contributed by atoms with Crippen molar-refractivity contribution in [3.8, 4) is 11.5 Å². The molecule has 0 saturated carbocycles. The number of aromatic amines is 1. The molecule has 1 N–H and O–H groups in total. The van der Waals surface area contributed by atoms with Crippen molar-refractivity contribution in [1.29, 1.82) is 0 Å². The Morgan fingerprint density at radius 2 is 1.81 bits per heavy atom. The molecule has 2 aliphatic heterocycles. The Morgan fingerprint density at radius 3 is 2.50 bits per heavy atom. The summed E-state index contributed by atoms with van der Waals surface area (Å²) >= 11 is 0. The van der Waals surface area contributed by atoms with Gasteiger partial charge in [0.2, 0.25) is 0 Å². The molecular formula is C24H26N4O4. The first-order chi connectivity index (χ1) is 15.5. The number of methoxy groups -OCH3 is 1. The fraction of sp³-hybridized carbons (Fsp3) is 0.292. The number of fused-ring (bicyclic) bond motifs is 2. The summed E-state index contributed by atoms with van der Waals surface area (Å²) in [5.41, 5.74) is 2.19. The quantitative estimate of drug-likeness (QED) is 0.381. The SMILES string of the molecule is CC.COC(=O)c1cc2c(cc1C)nc1c(=O)[nH]c(=O)nc-1n2CCCc1ccccc1. The van der Waals surface area contributed by atoms with Gasteiger partial charge in [0.1, 0.15) is 0 Å². The number of hydrogen-bond acceptors (Lipinski definition) is 6. The average Bonchev–Trinajstić information content (AvgIpc) is 2.80. The summed E-state index contributed by atoms with van der Waals surface area (Å²) in [5.74, 6) is -0.266. The smallest absolute Gasteiger partial charge is 0.349 e. The van der Waals surface area contributed by atoms with Crippen LogP contribution in [0.5, 0.6) is 0 Å². The Balaban J connectivity index is 0.00000141. The van der Waals surface area contributed by atoms with Gasteiger partial charge in [-0.25, -0.2) is 14.6 Å². The van der Waals surface area contributed by atoms with E-state index in [2.05, 4.69) is 15.0 Å². The van der Waals surface area contributed by atoms with Crippen molar-refractivity contribution < 1.29 is 9.53 Å². The van der Waals surface area contributed by atoms with Crippen LogP contribution in [0.1, 0.15) is 41.8 Å². The molecule has 0 saturated heterocycles. The number of carbonyl (C=O) groups excluding carboxylic acids is 1. The highest BCUT2D eigenvalue weighted by Gasteiger charge is 2.21. The second-order valence-electron chi connectivity index (χ2n) is 7.04. The number of esters is 1. The molecule has 0 amide bonds. The van der Waals surface area contributed by atoms with Crippen LogP contribution < -0.4 is 11.2 Å². The van der Waals surface area contributed by atoms with Gasteiger partial charge in [0.15, 0.2) is 11.5 Å². The van der Waals surface area contributed by atoms with Gasteiger partial charge in [0.25, 0.3) is 5.56 Å². The third-order valence-corrected chi connectivity index (χ3v) is 5.05. The van der Waals surface area contributed by atoms with E-state index < -0.39 is 17.2 Å². The highest BCUT2D eigenvalue weighted by atomic mass is 16.5. The van der Waals surface area contributed by atoms with Crippen LogP contribution in [0, 0.1) is 6.92 Å². The summed E-state index contributed by atoms with van der Waals surface area (Å²) in [4.78, 5) is 47.0. The Bertz CT molecular complexity index is 1330. The highest BCUT2D eigenvalue weighted by Crippen LogP contribution is 2.25. The van der Waals surface area contributed by atoms with Gasteiger partial charge in [-0.05, 0) is 43.0 Å². The monoisotopic (exact) mass is 434 g/mol. The van der Waals surface area contributed by atoms with Crippen LogP contribution >= 0.6 is 0 Å². The van der Waals surface area contributed by atoms with Gasteiger partial charge in [0, 0.05) is 6.54 Å². The summed E-state index contributed by atoms with van der Waals surface area (Å²) < 4.78 is 6.66. The Morgan fingerprint density at radius 1 is 1.09 bits per heavy atom. The molecule has 8 heteroatoms. The normalized spacial score (nSPS) is 10.6. The van der Waals surface area contributed by atoms with Crippen LogP contribution in [-0.4, -0.2) is 32.6 Å². The Kier molecular flexibility index (Phi) is 7.14. The molecule has 4 rings (SSSR count). The van der Waals surface area contributed by atoms with Crippen LogP contribution in [-0.2, 0) is 17.7 Å². The van der Waals surface area contributed by atoms with Crippen molar-refractivity contribution in [2.24, 2.45) is 0 Å². The van der Waals surface area contributed by atoms with Crippen molar-refractivity contribution in [3.05, 3.63) is 80.0 Å². The number of rotatable bonds is 5. The van der Waals surface area contributed by atoms with Crippen LogP contribution in [0.4, 0.5) is 0 Å². The molecule has 2 heterocycles. The second kappa shape index (κ2) is 10.00. The first-order valence-electron chi connectivity index (χ1n) is 10.6. The molecule has 2 aliphatic rings. The minimum atomic E-state index is -0.731. The van der Waals surface area contributed by atoms with E-state index in [1.54, 1.807) is 23.6 Å². The molecule has 0 radical (unpaired) electrons. The lowest BCUT2D eigenvalue weighted by molar-refractivity contribution is 0.0600. The predicted molar refractivity (Wildman–Crippen MR) is 123 cm³/mol. The van der Waals surface area contributed by atoms with Crippen molar-refractivity contribution in [3.63, 3.8) is 0 Å². The number of ether oxygens (including phenoxy) is 1. The van der Waals surface area contributed by atoms with E-state index in [1.165, 1.54) is 12.7 Å². The van der Waals surface area contributed by atoms with Crippen molar-refractivity contribution >= 4 is 17.0 Å². The number of nitrogens with zero attached hydrogens (tertiary/aromatic N) is 3.